The van der Waals surface area contributed by atoms with E-state index in [-0.39, 0.29) is 11.5 Å². The Balaban J connectivity index is 2.64. The van der Waals surface area contributed by atoms with Crippen LogP contribution in [0.4, 0.5) is 13.2 Å². The van der Waals surface area contributed by atoms with Crippen molar-refractivity contribution in [1.29, 1.82) is 0 Å². The van der Waals surface area contributed by atoms with E-state index in [9.17, 15) is 13.2 Å². The van der Waals surface area contributed by atoms with Crippen LogP contribution in [0, 0.1) is 17.5 Å². The van der Waals surface area contributed by atoms with E-state index in [1.807, 2.05) is 0 Å². The van der Waals surface area contributed by atoms with Crippen molar-refractivity contribution in [3.63, 3.8) is 0 Å². The summed E-state index contributed by atoms with van der Waals surface area (Å²) in [5.41, 5.74) is -0.383. The summed E-state index contributed by atoms with van der Waals surface area (Å²) < 4.78 is 40.2. The third-order valence-corrected chi connectivity index (χ3v) is 1.99. The van der Waals surface area contributed by atoms with Crippen LogP contribution in [-0.2, 0) is 6.61 Å². The molecule has 0 saturated carbocycles. The van der Waals surface area contributed by atoms with Crippen LogP contribution in [0.1, 0.15) is 5.82 Å². The summed E-state index contributed by atoms with van der Waals surface area (Å²) in [7, 11) is 0. The maximum atomic E-state index is 13.4. The molecule has 0 atom stereocenters. The highest BCUT2D eigenvalue weighted by Crippen LogP contribution is 2.19. The summed E-state index contributed by atoms with van der Waals surface area (Å²) >= 11 is 0. The van der Waals surface area contributed by atoms with Crippen LogP contribution in [-0.4, -0.2) is 19.9 Å². The van der Waals surface area contributed by atoms with Gasteiger partial charge in [-0.1, -0.05) is 0 Å². The summed E-state index contributed by atoms with van der Waals surface area (Å²) in [5.74, 6) is -3.47. The number of aromatic nitrogens is 3. The summed E-state index contributed by atoms with van der Waals surface area (Å²) in [4.78, 5) is 0. The highest BCUT2D eigenvalue weighted by atomic mass is 19.2. The van der Waals surface area contributed by atoms with Crippen molar-refractivity contribution < 1.29 is 18.3 Å². The number of aliphatic hydroxyl groups excluding tert-OH is 1. The van der Waals surface area contributed by atoms with E-state index >= 15 is 0 Å². The topological polar surface area (TPSA) is 50.9 Å². The quantitative estimate of drug-likeness (QED) is 0.786. The molecule has 0 bridgehead atoms. The Bertz CT molecular complexity index is 527. The minimum Gasteiger partial charge on any atom is -0.388 e. The fraction of sp³-hybridized carbons (Fsp3) is 0.111. The van der Waals surface area contributed by atoms with Crippen LogP contribution >= 0.6 is 0 Å². The van der Waals surface area contributed by atoms with Gasteiger partial charge in [-0.2, -0.15) is 0 Å². The van der Waals surface area contributed by atoms with Gasteiger partial charge >= 0.3 is 0 Å². The molecule has 0 unspecified atom stereocenters. The monoisotopic (exact) mass is 229 g/mol. The molecule has 0 fully saturated rings. The predicted octanol–water partition coefficient (Wildman–Crippen LogP) is 1.18. The molecule has 0 spiro atoms. The van der Waals surface area contributed by atoms with E-state index in [2.05, 4.69) is 10.2 Å². The maximum Gasteiger partial charge on any atom is 0.183 e. The van der Waals surface area contributed by atoms with Crippen molar-refractivity contribution in [3.8, 4) is 5.69 Å². The van der Waals surface area contributed by atoms with Crippen LogP contribution < -0.4 is 0 Å². The van der Waals surface area contributed by atoms with Crippen LogP contribution in [0.2, 0.25) is 0 Å². The van der Waals surface area contributed by atoms with Gasteiger partial charge < -0.3 is 5.11 Å². The van der Waals surface area contributed by atoms with Gasteiger partial charge in [-0.3, -0.25) is 4.57 Å². The van der Waals surface area contributed by atoms with Gasteiger partial charge in [0.25, 0.3) is 0 Å². The van der Waals surface area contributed by atoms with Gasteiger partial charge in [-0.15, -0.1) is 10.2 Å². The Hall–Kier alpha value is -1.89. The van der Waals surface area contributed by atoms with Gasteiger partial charge in [0.2, 0.25) is 0 Å². The number of hydrogen-bond acceptors (Lipinski definition) is 3. The lowest BCUT2D eigenvalue weighted by Crippen LogP contribution is -2.05. The van der Waals surface area contributed by atoms with Crippen molar-refractivity contribution >= 4 is 0 Å². The highest BCUT2D eigenvalue weighted by molar-refractivity contribution is 5.35. The molecule has 0 radical (unpaired) electrons. The lowest BCUT2D eigenvalue weighted by molar-refractivity contribution is 0.268. The van der Waals surface area contributed by atoms with Crippen molar-refractivity contribution in [2.75, 3.05) is 0 Å². The van der Waals surface area contributed by atoms with Crippen LogP contribution in [0.3, 0.4) is 0 Å². The number of benzene rings is 1. The molecular formula is C9H6F3N3O. The van der Waals surface area contributed by atoms with E-state index < -0.39 is 24.1 Å². The van der Waals surface area contributed by atoms with Crippen molar-refractivity contribution in [2.45, 2.75) is 6.61 Å². The molecule has 0 aliphatic carbocycles. The Labute approximate surface area is 88.0 Å². The Morgan fingerprint density at radius 3 is 2.69 bits per heavy atom. The van der Waals surface area contributed by atoms with Crippen molar-refractivity contribution in [2.24, 2.45) is 0 Å². The van der Waals surface area contributed by atoms with Crippen molar-refractivity contribution in [3.05, 3.63) is 41.7 Å². The smallest absolute Gasteiger partial charge is 0.183 e. The number of rotatable bonds is 2. The first kappa shape index (κ1) is 10.6. The molecule has 16 heavy (non-hydrogen) atoms. The average molecular weight is 229 g/mol. The van der Waals surface area contributed by atoms with E-state index in [0.717, 1.165) is 17.0 Å². The zero-order chi connectivity index (χ0) is 11.7. The molecule has 1 aromatic carbocycles. The Kier molecular flexibility index (Phi) is 2.61. The molecule has 4 nitrogen and oxygen atoms in total. The van der Waals surface area contributed by atoms with Gasteiger partial charge in [-0.05, 0) is 0 Å². The lowest BCUT2D eigenvalue weighted by Gasteiger charge is -2.06. The molecule has 1 N–H and O–H groups in total. The third-order valence-electron chi connectivity index (χ3n) is 1.99. The number of aliphatic hydroxyl groups is 1. The molecule has 0 amide bonds. The predicted molar refractivity (Wildman–Crippen MR) is 47.2 cm³/mol. The van der Waals surface area contributed by atoms with E-state index in [4.69, 9.17) is 5.11 Å². The minimum absolute atomic E-state index is 0.0103. The minimum atomic E-state index is -1.31. The summed E-state index contributed by atoms with van der Waals surface area (Å²) in [5, 5.41) is 15.7. The zero-order valence-electron chi connectivity index (χ0n) is 7.86. The third kappa shape index (κ3) is 1.65. The summed E-state index contributed by atoms with van der Waals surface area (Å²) in [6.45, 7) is -0.516. The second-order valence-electron chi connectivity index (χ2n) is 3.00. The first-order chi connectivity index (χ1) is 7.63. The van der Waals surface area contributed by atoms with E-state index in [1.165, 1.54) is 0 Å². The number of halogens is 3. The fourth-order valence-corrected chi connectivity index (χ4v) is 1.29. The maximum absolute atomic E-state index is 13.4. The average Bonchev–Trinajstić information content (AvgIpc) is 2.71. The molecule has 7 heteroatoms. The SMILES string of the molecule is OCc1nncn1-c1cc(F)cc(F)c1F. The van der Waals surface area contributed by atoms with Gasteiger partial charge in [0.05, 0.1) is 5.69 Å². The summed E-state index contributed by atoms with van der Waals surface area (Å²) in [6, 6.07) is 1.22. The Morgan fingerprint density at radius 1 is 1.25 bits per heavy atom. The second-order valence-corrected chi connectivity index (χ2v) is 3.00. The van der Waals surface area contributed by atoms with Gasteiger partial charge in [-0.25, -0.2) is 13.2 Å². The van der Waals surface area contributed by atoms with Crippen LogP contribution in [0.25, 0.3) is 5.69 Å². The van der Waals surface area contributed by atoms with Gasteiger partial charge in [0.1, 0.15) is 18.8 Å². The molecular weight excluding hydrogens is 223 g/mol. The van der Waals surface area contributed by atoms with Gasteiger partial charge in [0.15, 0.2) is 17.5 Å². The van der Waals surface area contributed by atoms with Crippen LogP contribution in [0.5, 0.6) is 0 Å². The molecule has 2 rings (SSSR count). The summed E-state index contributed by atoms with van der Waals surface area (Å²) in [6.07, 6.45) is 1.06. The number of hydrogen-bond donors (Lipinski definition) is 1. The van der Waals surface area contributed by atoms with E-state index in [1.54, 1.807) is 0 Å². The first-order valence-corrected chi connectivity index (χ1v) is 4.28. The largest absolute Gasteiger partial charge is 0.388 e. The first-order valence-electron chi connectivity index (χ1n) is 4.28. The zero-order valence-corrected chi connectivity index (χ0v) is 7.86. The molecule has 84 valence electrons. The lowest BCUT2D eigenvalue weighted by atomic mass is 10.2. The fourth-order valence-electron chi connectivity index (χ4n) is 1.29. The van der Waals surface area contributed by atoms with E-state index in [0.29, 0.717) is 6.07 Å². The normalized spacial score (nSPS) is 10.8. The molecule has 1 heterocycles. The van der Waals surface area contributed by atoms with Gasteiger partial charge in [0, 0.05) is 12.1 Å². The molecule has 0 saturated heterocycles. The number of nitrogens with zero attached hydrogens (tertiary/aromatic N) is 3. The molecule has 2 aromatic rings. The van der Waals surface area contributed by atoms with Crippen molar-refractivity contribution in [1.82, 2.24) is 14.8 Å². The Morgan fingerprint density at radius 2 is 2.00 bits per heavy atom. The highest BCUT2D eigenvalue weighted by Gasteiger charge is 2.15. The second kappa shape index (κ2) is 3.93. The van der Waals surface area contributed by atoms with Crippen LogP contribution in [0.15, 0.2) is 18.5 Å². The molecule has 0 aliphatic rings. The molecule has 0 aliphatic heterocycles. The standard InChI is InChI=1S/C9H6F3N3O/c10-5-1-6(11)9(12)7(2-5)15-4-13-14-8(15)3-16/h1-2,4,16H,3H2. The molecule has 1 aromatic heterocycles.